The van der Waals surface area contributed by atoms with E-state index in [1.54, 1.807) is 18.3 Å². The number of aromatic amines is 1. The number of carbonyl (C=O) groups is 1. The van der Waals surface area contributed by atoms with E-state index in [0.29, 0.717) is 24.4 Å². The van der Waals surface area contributed by atoms with Crippen molar-refractivity contribution >= 4 is 11.4 Å². The van der Waals surface area contributed by atoms with Gasteiger partial charge in [-0.25, -0.2) is 23.3 Å². The number of hydrogen-bond acceptors (Lipinski definition) is 7. The lowest BCUT2D eigenvalue weighted by molar-refractivity contribution is 0.0646. The molecule has 1 aliphatic rings. The second-order valence-electron chi connectivity index (χ2n) is 7.42. The fourth-order valence-electron chi connectivity index (χ4n) is 4.00. The summed E-state index contributed by atoms with van der Waals surface area (Å²) < 4.78 is 35.2. The number of carbonyl (C=O) groups excluding carboxylic acids is 1. The molecule has 6 heterocycles. The molecule has 5 aromatic heterocycles. The Morgan fingerprint density at radius 2 is 2.03 bits per heavy atom. The lowest BCUT2D eigenvalue weighted by atomic mass is 9.99. The Kier molecular flexibility index (Phi) is 4.25. The maximum Gasteiger partial charge on any atom is 0.312 e. The van der Waals surface area contributed by atoms with Crippen LogP contribution < -0.4 is 0 Å². The van der Waals surface area contributed by atoms with Crippen LogP contribution in [0.3, 0.4) is 0 Å². The van der Waals surface area contributed by atoms with Gasteiger partial charge >= 0.3 is 11.8 Å². The van der Waals surface area contributed by atoms with Crippen molar-refractivity contribution in [2.45, 2.75) is 12.5 Å². The minimum atomic E-state index is -0.714. The van der Waals surface area contributed by atoms with Crippen molar-refractivity contribution in [2.24, 2.45) is 0 Å². The summed E-state index contributed by atoms with van der Waals surface area (Å²) in [6.45, 7) is 0.296. The number of pyridine rings is 2. The molecule has 33 heavy (non-hydrogen) atoms. The van der Waals surface area contributed by atoms with E-state index in [-0.39, 0.29) is 23.0 Å². The molecule has 1 aliphatic heterocycles. The molecule has 1 amide bonds. The molecule has 0 radical (unpaired) electrons. The third kappa shape index (κ3) is 3.06. The van der Waals surface area contributed by atoms with Crippen LogP contribution in [-0.4, -0.2) is 52.1 Å². The highest BCUT2D eigenvalue weighted by molar-refractivity contribution is 5.90. The van der Waals surface area contributed by atoms with Gasteiger partial charge in [0.1, 0.15) is 17.4 Å². The van der Waals surface area contributed by atoms with Gasteiger partial charge in [0.15, 0.2) is 11.5 Å². The molecule has 0 aromatic carbocycles. The second kappa shape index (κ2) is 7.29. The third-order valence-corrected chi connectivity index (χ3v) is 5.50. The summed E-state index contributed by atoms with van der Waals surface area (Å²) in [4.78, 5) is 26.2. The number of aromatic nitrogens is 7. The van der Waals surface area contributed by atoms with E-state index in [1.165, 1.54) is 40.1 Å². The fourth-order valence-corrected chi connectivity index (χ4v) is 4.00. The van der Waals surface area contributed by atoms with E-state index < -0.39 is 23.6 Å². The van der Waals surface area contributed by atoms with Crippen molar-refractivity contribution in [2.75, 3.05) is 6.54 Å². The normalized spacial score (nSPS) is 15.7. The van der Waals surface area contributed by atoms with Crippen LogP contribution in [0.1, 0.15) is 33.8 Å². The van der Waals surface area contributed by atoms with Crippen molar-refractivity contribution in [3.8, 4) is 11.6 Å². The smallest absolute Gasteiger partial charge is 0.312 e. The van der Waals surface area contributed by atoms with Crippen molar-refractivity contribution in [3.63, 3.8) is 0 Å². The van der Waals surface area contributed by atoms with Crippen LogP contribution in [0.2, 0.25) is 0 Å². The molecule has 12 heteroatoms. The largest absolute Gasteiger partial charge is 0.411 e. The van der Waals surface area contributed by atoms with Crippen LogP contribution in [0, 0.1) is 11.6 Å². The van der Waals surface area contributed by atoms with Gasteiger partial charge < -0.3 is 14.3 Å². The minimum Gasteiger partial charge on any atom is -0.411 e. The molecule has 10 nitrogen and oxygen atoms in total. The Hall–Kier alpha value is -4.48. The highest BCUT2D eigenvalue weighted by Crippen LogP contribution is 2.34. The quantitative estimate of drug-likeness (QED) is 0.451. The number of amides is 1. The van der Waals surface area contributed by atoms with Gasteiger partial charge in [0.2, 0.25) is 0 Å². The fraction of sp³-hybridized carbons (Fsp3) is 0.143. The molecule has 0 saturated carbocycles. The van der Waals surface area contributed by atoms with Crippen LogP contribution in [0.15, 0.2) is 53.5 Å². The monoisotopic (exact) mass is 448 g/mol. The molecule has 0 bridgehead atoms. The molecule has 0 aliphatic carbocycles. The summed E-state index contributed by atoms with van der Waals surface area (Å²) in [5.74, 6) is -2.20. The Morgan fingerprint density at radius 3 is 2.88 bits per heavy atom. The van der Waals surface area contributed by atoms with Crippen molar-refractivity contribution < 1.29 is 18.0 Å². The van der Waals surface area contributed by atoms with Gasteiger partial charge in [-0.15, -0.1) is 10.2 Å². The number of imidazole rings is 1. The zero-order chi connectivity index (χ0) is 22.5. The van der Waals surface area contributed by atoms with E-state index in [1.807, 2.05) is 0 Å². The summed E-state index contributed by atoms with van der Waals surface area (Å²) in [5.41, 5.74) is 1.99. The summed E-state index contributed by atoms with van der Waals surface area (Å²) in [5, 5.41) is 12.1. The Bertz CT molecular complexity index is 1510. The van der Waals surface area contributed by atoms with E-state index in [4.69, 9.17) is 4.42 Å². The first-order valence-electron chi connectivity index (χ1n) is 10.0. The van der Waals surface area contributed by atoms with Crippen LogP contribution in [0.5, 0.6) is 0 Å². The SMILES string of the molecule is O=C(c1nnc(-c2ncccc2F)o1)N1CCc2[nH]cnc2[C@H]1c1cc2c(F)cccn2n1. The molecule has 6 rings (SSSR count). The number of hydrogen-bond donors (Lipinski definition) is 1. The van der Waals surface area contributed by atoms with Crippen LogP contribution in [-0.2, 0) is 6.42 Å². The van der Waals surface area contributed by atoms with Crippen LogP contribution in [0.4, 0.5) is 8.78 Å². The van der Waals surface area contributed by atoms with Crippen molar-refractivity contribution in [1.29, 1.82) is 0 Å². The number of nitrogens with zero attached hydrogens (tertiary/aromatic N) is 7. The van der Waals surface area contributed by atoms with Gasteiger partial charge in [-0.1, -0.05) is 0 Å². The number of fused-ring (bicyclic) bond motifs is 2. The first-order valence-corrected chi connectivity index (χ1v) is 10.0. The topological polar surface area (TPSA) is 118 Å². The average Bonchev–Trinajstić information content (AvgIpc) is 3.57. The molecule has 0 fully saturated rings. The first kappa shape index (κ1) is 19.2. The van der Waals surface area contributed by atoms with Gasteiger partial charge in [-0.05, 0) is 30.3 Å². The number of nitrogens with one attached hydrogen (secondary N) is 1. The summed E-state index contributed by atoms with van der Waals surface area (Å²) in [7, 11) is 0. The van der Waals surface area contributed by atoms with Crippen LogP contribution in [0.25, 0.3) is 17.1 Å². The lowest BCUT2D eigenvalue weighted by Gasteiger charge is -2.32. The summed E-state index contributed by atoms with van der Waals surface area (Å²) >= 11 is 0. The molecule has 0 unspecified atom stereocenters. The van der Waals surface area contributed by atoms with E-state index >= 15 is 0 Å². The van der Waals surface area contributed by atoms with Gasteiger partial charge in [0, 0.05) is 31.1 Å². The summed E-state index contributed by atoms with van der Waals surface area (Å²) in [6.07, 6.45) is 5.05. The Labute approximate surface area is 183 Å². The van der Waals surface area contributed by atoms with E-state index in [2.05, 4.69) is 30.2 Å². The Morgan fingerprint density at radius 1 is 1.15 bits per heavy atom. The van der Waals surface area contributed by atoms with Crippen molar-refractivity contribution in [1.82, 2.24) is 39.7 Å². The number of H-pyrrole nitrogens is 1. The van der Waals surface area contributed by atoms with Gasteiger partial charge in [-0.3, -0.25) is 4.79 Å². The van der Waals surface area contributed by atoms with E-state index in [9.17, 15) is 13.6 Å². The maximum atomic E-state index is 14.3. The average molecular weight is 448 g/mol. The van der Waals surface area contributed by atoms with E-state index in [0.717, 1.165) is 5.69 Å². The van der Waals surface area contributed by atoms with Gasteiger partial charge in [-0.2, -0.15) is 5.10 Å². The standard InChI is InChI=1S/C21H14F2N8O2/c22-11-4-2-7-31-15(11)9-14(29-31)18-17-13(25-10-26-17)5-8-30(18)21(32)20-28-27-19(33-20)16-12(23)3-1-6-24-16/h1-4,6-7,9-10,18H,5,8H2,(H,25,26)/t18-/m1/s1. The molecule has 164 valence electrons. The van der Waals surface area contributed by atoms with Gasteiger partial charge in [0.25, 0.3) is 5.89 Å². The predicted molar refractivity (Wildman–Crippen MR) is 108 cm³/mol. The molecule has 0 saturated heterocycles. The molecular formula is C21H14F2N8O2. The van der Waals surface area contributed by atoms with Crippen molar-refractivity contribution in [3.05, 3.63) is 83.7 Å². The highest BCUT2D eigenvalue weighted by Gasteiger charge is 2.38. The molecular weight excluding hydrogens is 434 g/mol. The number of rotatable bonds is 3. The minimum absolute atomic E-state index is 0.148. The molecule has 1 atom stereocenters. The third-order valence-electron chi connectivity index (χ3n) is 5.50. The summed E-state index contributed by atoms with van der Waals surface area (Å²) in [6, 6.07) is 6.37. The maximum absolute atomic E-state index is 14.3. The van der Waals surface area contributed by atoms with Gasteiger partial charge in [0.05, 0.1) is 17.7 Å². The Balaban J connectivity index is 1.41. The first-order chi connectivity index (χ1) is 16.1. The highest BCUT2D eigenvalue weighted by atomic mass is 19.1. The molecule has 0 spiro atoms. The zero-order valence-corrected chi connectivity index (χ0v) is 16.8. The number of halogens is 2. The second-order valence-corrected chi connectivity index (χ2v) is 7.42. The zero-order valence-electron chi connectivity index (χ0n) is 16.8. The predicted octanol–water partition coefficient (Wildman–Crippen LogP) is 2.57. The molecule has 1 N–H and O–H groups in total. The molecule has 5 aromatic rings. The van der Waals surface area contributed by atoms with Crippen LogP contribution >= 0.6 is 0 Å². The lowest BCUT2D eigenvalue weighted by Crippen LogP contribution is -2.41.